The van der Waals surface area contributed by atoms with Gasteiger partial charge < -0.3 is 9.80 Å². The van der Waals surface area contributed by atoms with Crippen LogP contribution in [0.5, 0.6) is 0 Å². The molecule has 0 aliphatic carbocycles. The van der Waals surface area contributed by atoms with Gasteiger partial charge in [-0.05, 0) is 38.6 Å². The minimum absolute atomic E-state index is 0.183. The molecule has 0 amide bonds. The van der Waals surface area contributed by atoms with E-state index in [0.717, 1.165) is 42.6 Å². The van der Waals surface area contributed by atoms with E-state index in [4.69, 9.17) is 0 Å². The third-order valence-electron chi connectivity index (χ3n) is 3.82. The van der Waals surface area contributed by atoms with Crippen molar-refractivity contribution in [2.75, 3.05) is 31.6 Å². The van der Waals surface area contributed by atoms with E-state index in [1.165, 1.54) is 0 Å². The highest BCUT2D eigenvalue weighted by molar-refractivity contribution is 9.10. The van der Waals surface area contributed by atoms with Gasteiger partial charge >= 0.3 is 0 Å². The van der Waals surface area contributed by atoms with Crippen LogP contribution in [-0.2, 0) is 0 Å². The zero-order chi connectivity index (χ0) is 14.7. The highest BCUT2D eigenvalue weighted by Crippen LogP contribution is 2.33. The lowest BCUT2D eigenvalue weighted by atomic mass is 10.1. The van der Waals surface area contributed by atoms with Gasteiger partial charge in [-0.25, -0.2) is 0 Å². The van der Waals surface area contributed by atoms with Crippen molar-refractivity contribution < 1.29 is 4.92 Å². The summed E-state index contributed by atoms with van der Waals surface area (Å²) in [6.07, 6.45) is 2.01. The lowest BCUT2D eigenvalue weighted by Crippen LogP contribution is -2.40. The molecule has 2 rings (SSSR count). The number of hydrogen-bond donors (Lipinski definition) is 0. The summed E-state index contributed by atoms with van der Waals surface area (Å²) in [6, 6.07) is 5.65. The highest BCUT2D eigenvalue weighted by Gasteiger charge is 2.27. The maximum atomic E-state index is 11.3. The number of anilines is 1. The molecule has 0 spiro atoms. The number of nitro benzene ring substituents is 1. The first-order valence-electron chi connectivity index (χ1n) is 6.92. The van der Waals surface area contributed by atoms with Crippen LogP contribution in [-0.4, -0.2) is 42.5 Å². The molecule has 0 aromatic heterocycles. The fourth-order valence-corrected chi connectivity index (χ4v) is 3.14. The van der Waals surface area contributed by atoms with Gasteiger partial charge in [-0.15, -0.1) is 0 Å². The first-order valence-corrected chi connectivity index (χ1v) is 7.71. The van der Waals surface area contributed by atoms with Crippen LogP contribution < -0.4 is 4.90 Å². The lowest BCUT2D eigenvalue weighted by Gasteiger charge is -2.31. The Kier molecular flexibility index (Phi) is 4.99. The van der Waals surface area contributed by atoms with E-state index in [1.807, 2.05) is 12.1 Å². The Morgan fingerprint density at radius 2 is 2.20 bits per heavy atom. The first-order chi connectivity index (χ1) is 9.52. The van der Waals surface area contributed by atoms with Gasteiger partial charge in [0.1, 0.15) is 5.69 Å². The Morgan fingerprint density at radius 3 is 2.85 bits per heavy atom. The van der Waals surface area contributed by atoms with Crippen molar-refractivity contribution in [3.8, 4) is 0 Å². The largest absolute Gasteiger partial charge is 0.362 e. The predicted molar refractivity (Wildman–Crippen MR) is 84.3 cm³/mol. The van der Waals surface area contributed by atoms with Crippen LogP contribution >= 0.6 is 15.9 Å². The summed E-state index contributed by atoms with van der Waals surface area (Å²) in [7, 11) is 2.11. The van der Waals surface area contributed by atoms with Crippen LogP contribution in [0, 0.1) is 10.1 Å². The topological polar surface area (TPSA) is 49.6 Å². The number of hydrogen-bond acceptors (Lipinski definition) is 4. The maximum absolute atomic E-state index is 11.3. The second kappa shape index (κ2) is 6.54. The number of halogens is 1. The van der Waals surface area contributed by atoms with Gasteiger partial charge in [-0.2, -0.15) is 0 Å². The Labute approximate surface area is 127 Å². The molecular formula is C14H20BrN3O2. The fourth-order valence-electron chi connectivity index (χ4n) is 2.80. The van der Waals surface area contributed by atoms with Crippen LogP contribution in [0.25, 0.3) is 0 Å². The lowest BCUT2D eigenvalue weighted by molar-refractivity contribution is -0.384. The minimum Gasteiger partial charge on any atom is -0.362 e. The molecule has 1 aromatic rings. The van der Waals surface area contributed by atoms with Gasteiger partial charge in [-0.1, -0.05) is 22.9 Å². The molecule has 1 aliphatic heterocycles. The monoisotopic (exact) mass is 341 g/mol. The van der Waals surface area contributed by atoms with Gasteiger partial charge in [0.15, 0.2) is 0 Å². The van der Waals surface area contributed by atoms with E-state index >= 15 is 0 Å². The summed E-state index contributed by atoms with van der Waals surface area (Å²) in [5.41, 5.74) is 0.919. The smallest absolute Gasteiger partial charge is 0.293 e. The van der Waals surface area contributed by atoms with Crippen molar-refractivity contribution in [2.24, 2.45) is 0 Å². The summed E-state index contributed by atoms with van der Waals surface area (Å²) in [6.45, 7) is 4.99. The van der Waals surface area contributed by atoms with Gasteiger partial charge in [0.2, 0.25) is 0 Å². The first kappa shape index (κ1) is 15.3. The molecule has 1 atom stereocenters. The standard InChI is InChI=1S/C14H20BrN3O2/c1-3-12-10-16(2)7-4-8-17(12)13-6-5-11(15)9-14(13)18(19)20/h5-6,9,12H,3-4,7-8,10H2,1-2H3. The SMILES string of the molecule is CCC1CN(C)CCCN1c1ccc(Br)cc1[N+](=O)[O-]. The average Bonchev–Trinajstić information content (AvgIpc) is 2.60. The Balaban J connectivity index is 2.39. The van der Waals surface area contributed by atoms with Crippen molar-refractivity contribution in [3.63, 3.8) is 0 Å². The number of likely N-dealkylation sites (N-methyl/N-ethyl adjacent to an activating group) is 1. The number of benzene rings is 1. The fraction of sp³-hybridized carbons (Fsp3) is 0.571. The average molecular weight is 342 g/mol. The van der Waals surface area contributed by atoms with E-state index in [-0.39, 0.29) is 10.6 Å². The van der Waals surface area contributed by atoms with Gasteiger partial charge in [0.05, 0.1) is 4.92 Å². The van der Waals surface area contributed by atoms with E-state index in [0.29, 0.717) is 6.04 Å². The Morgan fingerprint density at radius 1 is 1.45 bits per heavy atom. The molecule has 6 heteroatoms. The van der Waals surface area contributed by atoms with Crippen LogP contribution in [0.1, 0.15) is 19.8 Å². The minimum atomic E-state index is -0.290. The Bertz CT molecular complexity index is 495. The summed E-state index contributed by atoms with van der Waals surface area (Å²) in [4.78, 5) is 15.5. The third kappa shape index (κ3) is 3.30. The molecule has 110 valence electrons. The van der Waals surface area contributed by atoms with Gasteiger partial charge in [-0.3, -0.25) is 10.1 Å². The van der Waals surface area contributed by atoms with E-state index in [2.05, 4.69) is 39.7 Å². The van der Waals surface area contributed by atoms with Gasteiger partial charge in [0.25, 0.3) is 5.69 Å². The van der Waals surface area contributed by atoms with Crippen molar-refractivity contribution in [2.45, 2.75) is 25.8 Å². The van der Waals surface area contributed by atoms with Crippen LogP contribution in [0.3, 0.4) is 0 Å². The quantitative estimate of drug-likeness (QED) is 0.625. The predicted octanol–water partition coefficient (Wildman–Crippen LogP) is 3.28. The van der Waals surface area contributed by atoms with Gasteiger partial charge in [0, 0.05) is 29.7 Å². The van der Waals surface area contributed by atoms with Crippen molar-refractivity contribution in [3.05, 3.63) is 32.8 Å². The second-order valence-corrected chi connectivity index (χ2v) is 6.18. The van der Waals surface area contributed by atoms with Crippen molar-refractivity contribution in [1.82, 2.24) is 4.90 Å². The molecule has 0 bridgehead atoms. The van der Waals surface area contributed by atoms with E-state index < -0.39 is 0 Å². The molecule has 1 saturated heterocycles. The molecule has 1 unspecified atom stereocenters. The number of nitro groups is 1. The van der Waals surface area contributed by atoms with Crippen LogP contribution in [0.2, 0.25) is 0 Å². The molecule has 1 fully saturated rings. The molecule has 20 heavy (non-hydrogen) atoms. The van der Waals surface area contributed by atoms with E-state index in [9.17, 15) is 10.1 Å². The molecule has 0 radical (unpaired) electrons. The third-order valence-corrected chi connectivity index (χ3v) is 4.31. The molecule has 1 heterocycles. The zero-order valence-electron chi connectivity index (χ0n) is 11.9. The normalized spacial score (nSPS) is 20.8. The summed E-state index contributed by atoms with van der Waals surface area (Å²) < 4.78 is 0.743. The Hall–Kier alpha value is -1.14. The second-order valence-electron chi connectivity index (χ2n) is 5.26. The maximum Gasteiger partial charge on any atom is 0.293 e. The van der Waals surface area contributed by atoms with Crippen LogP contribution in [0.15, 0.2) is 22.7 Å². The number of nitrogens with zero attached hydrogens (tertiary/aromatic N) is 3. The van der Waals surface area contributed by atoms with Crippen molar-refractivity contribution in [1.29, 1.82) is 0 Å². The molecule has 5 nitrogen and oxygen atoms in total. The number of rotatable bonds is 3. The zero-order valence-corrected chi connectivity index (χ0v) is 13.5. The van der Waals surface area contributed by atoms with Crippen LogP contribution in [0.4, 0.5) is 11.4 Å². The molecule has 1 aromatic carbocycles. The summed E-state index contributed by atoms with van der Waals surface area (Å²) in [5, 5.41) is 11.3. The molecule has 0 N–H and O–H groups in total. The highest BCUT2D eigenvalue weighted by atomic mass is 79.9. The van der Waals surface area contributed by atoms with Crippen molar-refractivity contribution >= 4 is 27.3 Å². The summed E-state index contributed by atoms with van der Waals surface area (Å²) in [5.74, 6) is 0. The summed E-state index contributed by atoms with van der Waals surface area (Å²) >= 11 is 3.31. The van der Waals surface area contributed by atoms with E-state index in [1.54, 1.807) is 6.07 Å². The molecule has 1 aliphatic rings. The molecule has 0 saturated carbocycles. The molecular weight excluding hydrogens is 322 g/mol.